The standard InChI is InChI=1S/C8H18Cl5N2P3S.H4N3P3/c1-2-3-4-5-6-7-8-19-18(13)14-17(12)15(9)16(10)11;1-4-2-6-3-5-1/h18H,2-8H2,1H3;1,4-5H,(H,2,3). The van der Waals surface area contributed by atoms with Crippen molar-refractivity contribution < 1.29 is 0 Å². The van der Waals surface area contributed by atoms with Gasteiger partial charge < -0.3 is 9.02 Å². The summed E-state index contributed by atoms with van der Waals surface area (Å²) in [6.45, 7) is 0.758. The van der Waals surface area contributed by atoms with E-state index in [4.69, 9.17) is 56.7 Å². The van der Waals surface area contributed by atoms with Crippen LogP contribution in [-0.4, -0.2) is 23.2 Å². The van der Waals surface area contributed by atoms with Crippen LogP contribution in [0.4, 0.5) is 0 Å². The highest BCUT2D eigenvalue weighted by Crippen LogP contribution is 2.70. The molecule has 0 aromatic carbocycles. The fraction of sp³-hybridized carbons (Fsp3) is 1.00. The molecule has 17 heteroatoms. The summed E-state index contributed by atoms with van der Waals surface area (Å²) in [4.78, 5) is 0. The van der Waals surface area contributed by atoms with Crippen molar-refractivity contribution in [2.24, 2.45) is 4.52 Å². The Labute approximate surface area is 186 Å². The van der Waals surface area contributed by atoms with Crippen LogP contribution < -0.4 is 0 Å². The highest BCUT2D eigenvalue weighted by molar-refractivity contribution is 8.59. The average Bonchev–Trinajstić information content (AvgIpc) is 2.62. The monoisotopic (exact) mass is 581 g/mol. The number of halogens is 5. The molecular weight excluding hydrogens is 561 g/mol. The fourth-order valence-electron chi connectivity index (χ4n) is 1.38. The summed E-state index contributed by atoms with van der Waals surface area (Å²) >= 11 is 30.9. The molecule has 4 unspecified atom stereocenters. The van der Waals surface area contributed by atoms with Gasteiger partial charge in [0.25, 0.3) is 0 Å². The van der Waals surface area contributed by atoms with E-state index in [2.05, 4.69) is 25.0 Å². The molecule has 0 spiro atoms. The van der Waals surface area contributed by atoms with Gasteiger partial charge in [-0.1, -0.05) is 72.8 Å². The first kappa shape index (κ1) is 28.1. The van der Waals surface area contributed by atoms with E-state index in [0.29, 0.717) is 17.0 Å². The van der Waals surface area contributed by atoms with Crippen molar-refractivity contribution in [3.63, 3.8) is 0 Å². The highest BCUT2D eigenvalue weighted by atomic mass is 35.9. The van der Waals surface area contributed by atoms with Gasteiger partial charge in [-0.05, 0) is 35.2 Å². The number of rotatable bonds is 11. The molecule has 2 N–H and O–H groups in total. The van der Waals surface area contributed by atoms with Gasteiger partial charge in [-0.15, -0.1) is 15.3 Å². The molecule has 0 aliphatic carbocycles. The molecule has 1 aromatic rings. The predicted molar refractivity (Wildman–Crippen MR) is 134 cm³/mol. The molecule has 0 aliphatic heterocycles. The zero-order valence-electron chi connectivity index (χ0n) is 13.4. The minimum Gasteiger partial charge on any atom is -0.313 e. The summed E-state index contributed by atoms with van der Waals surface area (Å²) in [6, 6.07) is 0. The van der Waals surface area contributed by atoms with Gasteiger partial charge in [-0.25, -0.2) is 4.52 Å². The second-order valence-electron chi connectivity index (χ2n) is 4.34. The second kappa shape index (κ2) is 20.4. The molecule has 25 heavy (non-hydrogen) atoms. The zero-order valence-corrected chi connectivity index (χ0v) is 23.7. The van der Waals surface area contributed by atoms with Crippen LogP contribution in [0.2, 0.25) is 0 Å². The van der Waals surface area contributed by atoms with Crippen molar-refractivity contribution in [1.82, 2.24) is 17.5 Å². The maximum absolute atomic E-state index is 6.15. The molecule has 0 saturated heterocycles. The third kappa shape index (κ3) is 18.9. The van der Waals surface area contributed by atoms with Gasteiger partial charge in [0, 0.05) is 17.0 Å². The largest absolute Gasteiger partial charge is 0.313 e. The molecule has 5 nitrogen and oxygen atoms in total. The van der Waals surface area contributed by atoms with E-state index in [9.17, 15) is 0 Å². The molecule has 0 radical (unpaired) electrons. The molecular formula is C8H22Cl5N5P6S. The maximum Gasteiger partial charge on any atom is 0.209 e. The van der Waals surface area contributed by atoms with E-state index in [1.54, 1.807) is 11.4 Å². The lowest BCUT2D eigenvalue weighted by Crippen LogP contribution is -1.83. The first-order valence-corrected chi connectivity index (χ1v) is 19.8. The van der Waals surface area contributed by atoms with Crippen molar-refractivity contribution in [2.75, 3.05) is 5.75 Å². The van der Waals surface area contributed by atoms with Crippen LogP contribution in [0.15, 0.2) is 4.52 Å². The van der Waals surface area contributed by atoms with Gasteiger partial charge >= 0.3 is 0 Å². The summed E-state index contributed by atoms with van der Waals surface area (Å²) in [5, 5.41) is 0. The number of aromatic amines is 2. The lowest BCUT2D eigenvalue weighted by molar-refractivity contribution is 0.627. The number of nitrogens with zero attached hydrogens (tertiary/aromatic N) is 3. The summed E-state index contributed by atoms with van der Waals surface area (Å²) in [5.74, 6) is 1.02. The molecule has 0 bridgehead atoms. The minimum absolute atomic E-state index is 0.614. The second-order valence-corrected chi connectivity index (χ2v) is 19.7. The van der Waals surface area contributed by atoms with Gasteiger partial charge in [0.15, 0.2) is 6.78 Å². The van der Waals surface area contributed by atoms with Crippen molar-refractivity contribution in [2.45, 2.75) is 45.4 Å². The van der Waals surface area contributed by atoms with E-state index in [1.807, 2.05) is 0 Å². The predicted octanol–water partition coefficient (Wildman–Crippen LogP) is 10.7. The highest BCUT2D eigenvalue weighted by Gasteiger charge is 2.20. The first-order valence-electron chi connectivity index (χ1n) is 7.29. The number of aromatic nitrogens is 3. The topological polar surface area (TPSA) is 60.1 Å². The summed E-state index contributed by atoms with van der Waals surface area (Å²) < 4.78 is 15.4. The minimum atomic E-state index is -1.46. The Morgan fingerprint density at radius 3 is 2.40 bits per heavy atom. The van der Waals surface area contributed by atoms with Crippen LogP contribution in [-0.2, 0) is 0 Å². The van der Waals surface area contributed by atoms with Crippen molar-refractivity contribution in [3.05, 3.63) is 0 Å². The molecule has 0 saturated carbocycles. The van der Waals surface area contributed by atoms with E-state index in [-0.39, 0.29) is 0 Å². The summed E-state index contributed by atoms with van der Waals surface area (Å²) in [5.41, 5.74) is 0. The van der Waals surface area contributed by atoms with Gasteiger partial charge in [-0.2, -0.15) is 4.51 Å². The molecule has 0 amide bonds. The number of hydrogen-bond donors (Lipinski definition) is 2. The maximum atomic E-state index is 6.15. The molecule has 150 valence electrons. The fourth-order valence-corrected chi connectivity index (χ4v) is 14.0. The zero-order chi connectivity index (χ0) is 18.9. The van der Waals surface area contributed by atoms with Crippen LogP contribution >= 0.6 is 114 Å². The van der Waals surface area contributed by atoms with Crippen LogP contribution in [0.3, 0.4) is 0 Å². The quantitative estimate of drug-likeness (QED) is 0.155. The van der Waals surface area contributed by atoms with Crippen LogP contribution in [0, 0.1) is 0 Å². The Bertz CT molecular complexity index is 428. The molecule has 1 aromatic heterocycles. The SMILES string of the molecule is CCCCCCCCS/[PH](Cl)=N/P(Cl)N(Cl)P(Cl)Cl.n1p[nH][pH][nH][pH]1. The van der Waals surface area contributed by atoms with E-state index in [0.717, 1.165) is 18.2 Å². The van der Waals surface area contributed by atoms with Crippen molar-refractivity contribution >= 4 is 114 Å². The third-order valence-corrected chi connectivity index (χ3v) is 16.9. The van der Waals surface area contributed by atoms with Crippen molar-refractivity contribution in [3.8, 4) is 0 Å². The Kier molecular flexibility index (Phi) is 23.0. The number of unbranched alkanes of at least 4 members (excludes halogenated alkanes) is 5. The Morgan fingerprint density at radius 2 is 1.92 bits per heavy atom. The number of hydrogen-bond acceptors (Lipinski definition) is 4. The molecule has 1 heterocycles. The molecule has 0 aliphatic rings. The smallest absolute Gasteiger partial charge is 0.209 e. The number of H-pyrrole nitrogens is 2. The van der Waals surface area contributed by atoms with Crippen LogP contribution in [0.5, 0.6) is 0 Å². The van der Waals surface area contributed by atoms with Gasteiger partial charge in [0.05, 0.1) is 0 Å². The van der Waals surface area contributed by atoms with Crippen molar-refractivity contribution in [1.29, 1.82) is 0 Å². The summed E-state index contributed by atoms with van der Waals surface area (Å²) in [7, 11) is 0.958. The molecule has 0 fully saturated rings. The van der Waals surface area contributed by atoms with Gasteiger partial charge in [0.2, 0.25) is 7.58 Å². The first-order chi connectivity index (χ1) is 12.0. The average molecular weight is 583 g/mol. The third-order valence-electron chi connectivity index (χ3n) is 2.47. The molecule has 1 rings (SSSR count). The van der Waals surface area contributed by atoms with Crippen LogP contribution in [0.25, 0.3) is 0 Å². The lowest BCUT2D eigenvalue weighted by atomic mass is 10.1. The van der Waals surface area contributed by atoms with Crippen LogP contribution in [0.1, 0.15) is 45.4 Å². The van der Waals surface area contributed by atoms with E-state index in [1.165, 1.54) is 38.5 Å². The van der Waals surface area contributed by atoms with E-state index < -0.39 is 20.6 Å². The normalized spacial score (nSPS) is 14.6. The lowest BCUT2D eigenvalue weighted by Gasteiger charge is -2.15. The van der Waals surface area contributed by atoms with Gasteiger partial charge in [0.1, 0.15) is 14.8 Å². The summed E-state index contributed by atoms with van der Waals surface area (Å²) in [6.07, 6.45) is 6.28. The van der Waals surface area contributed by atoms with E-state index >= 15 is 0 Å². The Morgan fingerprint density at radius 1 is 1.24 bits per heavy atom. The molecule has 4 atom stereocenters. The Hall–Kier alpha value is 3.15. The Balaban J connectivity index is 0.000000796. The van der Waals surface area contributed by atoms with Gasteiger partial charge in [-0.3, -0.25) is 0 Å². The number of nitrogens with one attached hydrogen (secondary N) is 2.